The maximum Gasteiger partial charge on any atom is 0.345 e. The summed E-state index contributed by atoms with van der Waals surface area (Å²) in [6.07, 6.45) is 3.22. The minimum Gasteiger partial charge on any atom is -0.496 e. The van der Waals surface area contributed by atoms with Gasteiger partial charge in [-0.15, -0.1) is 0 Å². The largest absolute Gasteiger partial charge is 0.496 e. The molecule has 102 valence electrons. The van der Waals surface area contributed by atoms with Crippen LogP contribution in [0.3, 0.4) is 0 Å². The lowest BCUT2D eigenvalue weighted by Gasteiger charge is -2.08. The third kappa shape index (κ3) is 3.26. The van der Waals surface area contributed by atoms with Crippen LogP contribution < -0.4 is 10.4 Å². The predicted octanol–water partition coefficient (Wildman–Crippen LogP) is 1.99. The van der Waals surface area contributed by atoms with E-state index in [1.54, 1.807) is 14.2 Å². The Balaban J connectivity index is 2.00. The van der Waals surface area contributed by atoms with Gasteiger partial charge in [0, 0.05) is 18.1 Å². The average Bonchev–Trinajstić information content (AvgIpc) is 2.72. The zero-order chi connectivity index (χ0) is 13.8. The van der Waals surface area contributed by atoms with Crippen molar-refractivity contribution in [2.45, 2.75) is 19.4 Å². The zero-order valence-corrected chi connectivity index (χ0v) is 12.6. The molecule has 5 nitrogen and oxygen atoms in total. The van der Waals surface area contributed by atoms with E-state index in [9.17, 15) is 4.79 Å². The van der Waals surface area contributed by atoms with Crippen molar-refractivity contribution in [2.24, 2.45) is 7.05 Å². The fraction of sp³-hybridized carbons (Fsp3) is 0.385. The van der Waals surface area contributed by atoms with Crippen molar-refractivity contribution in [1.82, 2.24) is 14.3 Å². The molecule has 1 heterocycles. The lowest BCUT2D eigenvalue weighted by molar-refractivity contribution is 0.407. The van der Waals surface area contributed by atoms with Crippen molar-refractivity contribution in [3.63, 3.8) is 0 Å². The van der Waals surface area contributed by atoms with Gasteiger partial charge < -0.3 is 4.74 Å². The van der Waals surface area contributed by atoms with Crippen LogP contribution in [0.25, 0.3) is 0 Å². The Kier molecular flexibility index (Phi) is 4.42. The molecule has 0 aliphatic rings. The fourth-order valence-corrected chi connectivity index (χ4v) is 2.26. The van der Waals surface area contributed by atoms with E-state index >= 15 is 0 Å². The monoisotopic (exact) mass is 325 g/mol. The zero-order valence-electron chi connectivity index (χ0n) is 11.0. The summed E-state index contributed by atoms with van der Waals surface area (Å²) in [7, 11) is 3.36. The van der Waals surface area contributed by atoms with E-state index in [1.165, 1.54) is 15.6 Å². The smallest absolute Gasteiger partial charge is 0.345 e. The molecular formula is C13H16BrN3O2. The van der Waals surface area contributed by atoms with E-state index < -0.39 is 0 Å². The summed E-state index contributed by atoms with van der Waals surface area (Å²) in [5, 5.41) is 4.03. The number of aryl methyl sites for hydroxylation is 3. The molecule has 0 bridgehead atoms. The second-order valence-electron chi connectivity index (χ2n) is 4.31. The molecule has 0 aliphatic carbocycles. The summed E-state index contributed by atoms with van der Waals surface area (Å²) in [6, 6.07) is 5.97. The summed E-state index contributed by atoms with van der Waals surface area (Å²) in [6.45, 7) is 0.610. The number of ether oxygens (including phenoxy) is 1. The molecule has 0 saturated heterocycles. The number of methoxy groups -OCH3 is 1. The van der Waals surface area contributed by atoms with Crippen LogP contribution in [0.1, 0.15) is 12.0 Å². The third-order valence-electron chi connectivity index (χ3n) is 2.95. The molecule has 1 aromatic carbocycles. The molecule has 2 aromatic rings. The number of rotatable bonds is 5. The first-order chi connectivity index (χ1) is 9.11. The molecule has 0 amide bonds. The van der Waals surface area contributed by atoms with Crippen LogP contribution in [0.5, 0.6) is 5.75 Å². The second-order valence-corrected chi connectivity index (χ2v) is 5.22. The molecule has 19 heavy (non-hydrogen) atoms. The molecule has 0 spiro atoms. The molecule has 0 unspecified atom stereocenters. The minimum atomic E-state index is -0.0808. The number of hydrogen-bond donors (Lipinski definition) is 0. The quantitative estimate of drug-likeness (QED) is 0.844. The predicted molar refractivity (Wildman–Crippen MR) is 76.5 cm³/mol. The Labute approximate surface area is 119 Å². The molecule has 1 aromatic heterocycles. The van der Waals surface area contributed by atoms with Gasteiger partial charge in [0.05, 0.1) is 7.11 Å². The highest BCUT2D eigenvalue weighted by Crippen LogP contribution is 2.24. The van der Waals surface area contributed by atoms with Gasteiger partial charge in [-0.05, 0) is 30.5 Å². The van der Waals surface area contributed by atoms with Crippen LogP contribution in [0.2, 0.25) is 0 Å². The highest BCUT2D eigenvalue weighted by molar-refractivity contribution is 9.10. The molecular weight excluding hydrogens is 310 g/mol. The molecule has 0 radical (unpaired) electrons. The first-order valence-corrected chi connectivity index (χ1v) is 6.82. The third-order valence-corrected chi connectivity index (χ3v) is 3.45. The van der Waals surface area contributed by atoms with Crippen molar-refractivity contribution in [3.05, 3.63) is 45.0 Å². The lowest BCUT2D eigenvalue weighted by Crippen LogP contribution is -2.23. The van der Waals surface area contributed by atoms with Gasteiger partial charge in [-0.3, -0.25) is 4.57 Å². The maximum atomic E-state index is 11.6. The van der Waals surface area contributed by atoms with E-state index in [4.69, 9.17) is 4.74 Å². The SMILES string of the molecule is COc1cc(Br)ccc1CCCn1ncn(C)c1=O. The van der Waals surface area contributed by atoms with Crippen molar-refractivity contribution in [2.75, 3.05) is 7.11 Å². The van der Waals surface area contributed by atoms with Crippen LogP contribution in [0.15, 0.2) is 33.8 Å². The summed E-state index contributed by atoms with van der Waals surface area (Å²) < 4.78 is 9.28. The number of aromatic nitrogens is 3. The standard InChI is InChI=1S/C13H16BrN3O2/c1-16-9-15-17(13(16)18)7-3-4-10-5-6-11(14)8-12(10)19-2/h5-6,8-9H,3-4,7H2,1-2H3. The molecule has 0 fully saturated rings. The number of benzene rings is 1. The summed E-state index contributed by atoms with van der Waals surface area (Å²) in [5.74, 6) is 0.864. The Morgan fingerprint density at radius 1 is 1.42 bits per heavy atom. The molecule has 0 atom stereocenters. The molecule has 2 rings (SSSR count). The van der Waals surface area contributed by atoms with E-state index in [-0.39, 0.29) is 5.69 Å². The van der Waals surface area contributed by atoms with Crippen molar-refractivity contribution in [1.29, 1.82) is 0 Å². The number of nitrogens with zero attached hydrogens (tertiary/aromatic N) is 3. The maximum absolute atomic E-state index is 11.6. The minimum absolute atomic E-state index is 0.0808. The van der Waals surface area contributed by atoms with Crippen LogP contribution >= 0.6 is 15.9 Å². The Bertz CT molecular complexity index is 619. The number of halogens is 1. The molecule has 0 N–H and O–H groups in total. The van der Waals surface area contributed by atoms with Gasteiger partial charge >= 0.3 is 5.69 Å². The van der Waals surface area contributed by atoms with Crippen molar-refractivity contribution < 1.29 is 4.74 Å². The van der Waals surface area contributed by atoms with Gasteiger partial charge in [-0.2, -0.15) is 5.10 Å². The highest BCUT2D eigenvalue weighted by atomic mass is 79.9. The van der Waals surface area contributed by atoms with E-state index in [0.717, 1.165) is 28.6 Å². The van der Waals surface area contributed by atoms with E-state index in [1.807, 2.05) is 18.2 Å². The lowest BCUT2D eigenvalue weighted by atomic mass is 10.1. The van der Waals surface area contributed by atoms with Gasteiger partial charge in [0.1, 0.15) is 12.1 Å². The van der Waals surface area contributed by atoms with Crippen molar-refractivity contribution >= 4 is 15.9 Å². The molecule has 0 saturated carbocycles. The fourth-order valence-electron chi connectivity index (χ4n) is 1.92. The van der Waals surface area contributed by atoms with Crippen LogP contribution in [-0.2, 0) is 20.0 Å². The Morgan fingerprint density at radius 3 is 2.84 bits per heavy atom. The first kappa shape index (κ1) is 13.9. The molecule has 0 aliphatic heterocycles. The normalized spacial score (nSPS) is 10.7. The van der Waals surface area contributed by atoms with E-state index in [0.29, 0.717) is 6.54 Å². The van der Waals surface area contributed by atoms with Crippen molar-refractivity contribution in [3.8, 4) is 5.75 Å². The first-order valence-electron chi connectivity index (χ1n) is 6.02. The Morgan fingerprint density at radius 2 is 2.21 bits per heavy atom. The Hall–Kier alpha value is -1.56. The van der Waals surface area contributed by atoms with Crippen LogP contribution in [-0.4, -0.2) is 21.5 Å². The second kappa shape index (κ2) is 6.06. The van der Waals surface area contributed by atoms with Crippen LogP contribution in [0.4, 0.5) is 0 Å². The molecule has 6 heteroatoms. The number of hydrogen-bond acceptors (Lipinski definition) is 3. The van der Waals surface area contributed by atoms with Gasteiger partial charge in [0.15, 0.2) is 0 Å². The van der Waals surface area contributed by atoms with Crippen LogP contribution in [0, 0.1) is 0 Å². The topological polar surface area (TPSA) is 49.0 Å². The summed E-state index contributed by atoms with van der Waals surface area (Å²) in [5.41, 5.74) is 1.05. The van der Waals surface area contributed by atoms with E-state index in [2.05, 4.69) is 21.0 Å². The summed E-state index contributed by atoms with van der Waals surface area (Å²) in [4.78, 5) is 11.6. The highest BCUT2D eigenvalue weighted by Gasteiger charge is 2.05. The van der Waals surface area contributed by atoms with Gasteiger partial charge in [0.25, 0.3) is 0 Å². The van der Waals surface area contributed by atoms with Gasteiger partial charge in [0.2, 0.25) is 0 Å². The van der Waals surface area contributed by atoms with Gasteiger partial charge in [-0.1, -0.05) is 22.0 Å². The summed E-state index contributed by atoms with van der Waals surface area (Å²) >= 11 is 3.42. The van der Waals surface area contributed by atoms with Gasteiger partial charge in [-0.25, -0.2) is 9.48 Å². The average molecular weight is 326 g/mol.